The molecule has 8 N–H and O–H groups in total. The third-order valence-corrected chi connectivity index (χ3v) is 14.6. The van der Waals surface area contributed by atoms with E-state index in [-0.39, 0.29) is 63.1 Å². The molecule has 0 bridgehead atoms. The van der Waals surface area contributed by atoms with E-state index >= 15 is 0 Å². The van der Waals surface area contributed by atoms with Crippen molar-refractivity contribution >= 4 is 158 Å². The van der Waals surface area contributed by atoms with E-state index in [1.165, 1.54) is 36.4 Å². The van der Waals surface area contributed by atoms with Crippen LogP contribution in [0.4, 0.5) is 50.4 Å². The zero-order valence-corrected chi connectivity index (χ0v) is 42.1. The van der Waals surface area contributed by atoms with Gasteiger partial charge in [0, 0.05) is 56.8 Å². The summed E-state index contributed by atoms with van der Waals surface area (Å²) in [5, 5.41) is 19.9. The Labute approximate surface area is 421 Å². The molecule has 0 saturated heterocycles. The fourth-order valence-corrected chi connectivity index (χ4v) is 10.1. The first-order valence-corrected chi connectivity index (χ1v) is 27.0. The van der Waals surface area contributed by atoms with Crippen LogP contribution < -0.4 is 10.6 Å². The van der Waals surface area contributed by atoms with Gasteiger partial charge < -0.3 is 10.6 Å². The monoisotopic (exact) mass is 1110 g/mol. The molecule has 7 rings (SSSR count). The third kappa shape index (κ3) is 12.6. The molecule has 27 nitrogen and oxygen atoms in total. The van der Waals surface area contributed by atoms with Gasteiger partial charge in [-0.15, -0.1) is 10.2 Å². The molecule has 0 amide bonds. The molecule has 71 heavy (non-hydrogen) atoms. The van der Waals surface area contributed by atoms with Gasteiger partial charge in [0.2, 0.25) is 11.9 Å². The second kappa shape index (κ2) is 19.6. The molecule has 1 aromatic heterocycles. The predicted molar refractivity (Wildman–Crippen MR) is 245 cm³/mol. The van der Waals surface area contributed by atoms with Crippen LogP contribution in [0.1, 0.15) is 5.56 Å². The van der Waals surface area contributed by atoms with Gasteiger partial charge in [-0.25, -0.2) is 0 Å². The second-order valence-electron chi connectivity index (χ2n) is 14.2. The van der Waals surface area contributed by atoms with Gasteiger partial charge in [-0.2, -0.15) is 80.1 Å². The first kappa shape index (κ1) is 54.4. The molecule has 7 aromatic rings. The van der Waals surface area contributed by atoms with Crippen LogP contribution in [-0.4, -0.2) is 122 Å². The molecule has 6 aromatic carbocycles. The van der Waals surface area contributed by atoms with E-state index in [1.54, 1.807) is 6.92 Å². The number of halogens is 1. The standard InChI is InChI=1S/C36H26FN9O18S6.Na/c1-17-10-18(38-35-40-34(37)41-36(42-35)39-30-15-21(66(50,51)52)4-9-31(30)68(56,57)58)2-6-27(17)44-46-28-7-8-29(24-13-20(65(47,48)49)3-5-23(24)28)45-43-19-11-25-26(32(12-19)69(59,60)61)14-22(67(53,54)55)16-33(25)70(62,63)64;/h2-16H,1H3,(H,47,48,49)(H,50,51,52)(H,53,54,55)(H,56,57,58)(H,59,60,61)(H,62,63,64)(H2,38,39,40,41,42);. The van der Waals surface area contributed by atoms with Crippen LogP contribution in [-0.2, 0) is 60.7 Å². The molecule has 0 unspecified atom stereocenters. The number of aromatic nitrogens is 3. The molecule has 0 atom stereocenters. The molecular formula is C36H26FN9NaO18S6. The number of azo groups is 2. The number of aryl methyl sites for hydroxylation is 1. The van der Waals surface area contributed by atoms with E-state index in [4.69, 9.17) is 0 Å². The summed E-state index contributed by atoms with van der Waals surface area (Å²) in [4.78, 5) is 5.02. The molecule has 0 aliphatic carbocycles. The summed E-state index contributed by atoms with van der Waals surface area (Å²) in [6.45, 7) is 1.58. The van der Waals surface area contributed by atoms with Crippen LogP contribution in [0.5, 0.6) is 0 Å². The zero-order valence-electron chi connectivity index (χ0n) is 35.2. The first-order chi connectivity index (χ1) is 32.3. The van der Waals surface area contributed by atoms with Crippen LogP contribution in [0.2, 0.25) is 0 Å². The number of hydrogen-bond donors (Lipinski definition) is 8. The quantitative estimate of drug-likeness (QED) is 0.0349. The van der Waals surface area contributed by atoms with Gasteiger partial charge in [0.15, 0.2) is 0 Å². The second-order valence-corrected chi connectivity index (χ2v) is 22.6. The maximum atomic E-state index is 14.6. The third-order valence-electron chi connectivity index (χ3n) is 9.42. The number of hydrogen-bond acceptors (Lipinski definition) is 21. The fourth-order valence-electron chi connectivity index (χ4n) is 6.39. The minimum absolute atomic E-state index is 0. The molecule has 35 heteroatoms. The van der Waals surface area contributed by atoms with E-state index in [2.05, 4.69) is 46.0 Å². The van der Waals surface area contributed by atoms with E-state index in [0.29, 0.717) is 42.0 Å². The van der Waals surface area contributed by atoms with Crippen molar-refractivity contribution in [3.63, 3.8) is 0 Å². The summed E-state index contributed by atoms with van der Waals surface area (Å²) in [6.07, 6.45) is -1.40. The van der Waals surface area contributed by atoms with Crippen LogP contribution in [0.25, 0.3) is 21.5 Å². The SMILES string of the molecule is Cc1cc(Nc2nc(F)nc(Nc3cc(S(=O)(=O)O)ccc3S(=O)(=O)O)n2)ccc1N=Nc1ccc(N=Nc2cc(S(=O)(=O)O)c3cc(S(=O)(=O)O)cc(S(=O)(=O)O)c3c2)c2cc(S(=O)(=O)O)ccc12.[Na]. The molecule has 367 valence electrons. The first-order valence-electron chi connectivity index (χ1n) is 18.3. The molecule has 0 aliphatic rings. The number of nitrogens with one attached hydrogen (secondary N) is 2. The van der Waals surface area contributed by atoms with Crippen LogP contribution in [0, 0.1) is 13.0 Å². The van der Waals surface area contributed by atoms with Crippen molar-refractivity contribution in [2.45, 2.75) is 36.3 Å². The van der Waals surface area contributed by atoms with Crippen molar-refractivity contribution in [2.24, 2.45) is 20.5 Å². The summed E-state index contributed by atoms with van der Waals surface area (Å²) >= 11 is 0. The van der Waals surface area contributed by atoms with Crippen molar-refractivity contribution in [3.05, 3.63) is 103 Å². The Kier molecular flexibility index (Phi) is 15.0. The van der Waals surface area contributed by atoms with Crippen molar-refractivity contribution in [1.29, 1.82) is 0 Å². The van der Waals surface area contributed by atoms with Crippen molar-refractivity contribution in [3.8, 4) is 0 Å². The Morgan fingerprint density at radius 1 is 0.437 bits per heavy atom. The molecule has 1 heterocycles. The van der Waals surface area contributed by atoms with Gasteiger partial charge in [-0.1, -0.05) is 6.07 Å². The smallest absolute Gasteiger partial charge is 0.315 e. The number of fused-ring (bicyclic) bond motifs is 2. The molecule has 0 saturated carbocycles. The fraction of sp³-hybridized carbons (Fsp3) is 0.0278. The number of anilines is 4. The molecule has 0 aliphatic heterocycles. The minimum atomic E-state index is -5.36. The van der Waals surface area contributed by atoms with Gasteiger partial charge in [-0.3, -0.25) is 27.3 Å². The Morgan fingerprint density at radius 2 is 0.915 bits per heavy atom. The van der Waals surface area contributed by atoms with Gasteiger partial charge >= 0.3 is 6.08 Å². The number of nitrogens with zero attached hydrogens (tertiary/aromatic N) is 7. The van der Waals surface area contributed by atoms with Gasteiger partial charge in [0.05, 0.1) is 43.1 Å². The molecule has 0 spiro atoms. The average molecular weight is 1110 g/mol. The summed E-state index contributed by atoms with van der Waals surface area (Å²) in [6, 6.07) is 14.3. The van der Waals surface area contributed by atoms with Gasteiger partial charge in [0.1, 0.15) is 14.7 Å². The van der Waals surface area contributed by atoms with Gasteiger partial charge in [-0.05, 0) is 97.4 Å². The van der Waals surface area contributed by atoms with Crippen LogP contribution in [0.3, 0.4) is 0 Å². The largest absolute Gasteiger partial charge is 0.324 e. The van der Waals surface area contributed by atoms with E-state index in [9.17, 15) is 82.2 Å². The van der Waals surface area contributed by atoms with Crippen molar-refractivity contribution in [2.75, 3.05) is 10.6 Å². The van der Waals surface area contributed by atoms with E-state index < -0.39 is 130 Å². The number of rotatable bonds is 14. The Hall–Kier alpha value is -5.96. The summed E-state index contributed by atoms with van der Waals surface area (Å²) in [7, 11) is -30.6. The molecular weight excluding hydrogens is 1080 g/mol. The predicted octanol–water partition coefficient (Wildman–Crippen LogP) is 6.04. The van der Waals surface area contributed by atoms with Crippen LogP contribution in [0.15, 0.2) is 141 Å². The summed E-state index contributed by atoms with van der Waals surface area (Å²) in [5.41, 5.74) is -0.473. The Morgan fingerprint density at radius 3 is 1.49 bits per heavy atom. The Bertz CT molecular complexity index is 4170. The normalized spacial score (nSPS) is 13.0. The maximum absolute atomic E-state index is 14.6. The zero-order chi connectivity index (χ0) is 51.5. The molecule has 1 radical (unpaired) electrons. The maximum Gasteiger partial charge on any atom is 0.315 e. The van der Waals surface area contributed by atoms with E-state index in [0.717, 1.165) is 18.2 Å². The minimum Gasteiger partial charge on any atom is -0.324 e. The van der Waals surface area contributed by atoms with Crippen LogP contribution >= 0.6 is 0 Å². The molecule has 0 fully saturated rings. The average Bonchev–Trinajstić information content (AvgIpc) is 3.22. The van der Waals surface area contributed by atoms with Gasteiger partial charge in [0.25, 0.3) is 60.7 Å². The van der Waals surface area contributed by atoms with Crippen molar-refractivity contribution < 1.29 is 82.2 Å². The summed E-state index contributed by atoms with van der Waals surface area (Å²) in [5.74, 6) is -1.14. The summed E-state index contributed by atoms with van der Waals surface area (Å²) < 4.78 is 218. The topological polar surface area (TPSA) is 438 Å². The van der Waals surface area contributed by atoms with Crippen molar-refractivity contribution in [1.82, 2.24) is 15.0 Å². The van der Waals surface area contributed by atoms with E-state index in [1.807, 2.05) is 0 Å². The number of benzene rings is 6. The Balaban J connectivity index is 0.00000825.